The SMILES string of the molecule is C=CCN(Cc1ccccc1)C(/C=C\I)CC. The zero-order valence-electron chi connectivity index (χ0n) is 10.3. The van der Waals surface area contributed by atoms with Crippen LogP contribution in [0.2, 0.25) is 0 Å². The molecule has 0 saturated heterocycles. The molecule has 0 bridgehead atoms. The van der Waals surface area contributed by atoms with Gasteiger partial charge in [0, 0.05) is 19.1 Å². The van der Waals surface area contributed by atoms with E-state index in [-0.39, 0.29) is 0 Å². The van der Waals surface area contributed by atoms with Gasteiger partial charge in [-0.05, 0) is 16.1 Å². The first-order valence-corrected chi connectivity index (χ1v) is 7.22. The molecule has 0 aromatic heterocycles. The molecule has 1 aromatic carbocycles. The molecule has 0 amide bonds. The van der Waals surface area contributed by atoms with Crippen LogP contribution in [0.3, 0.4) is 0 Å². The quantitative estimate of drug-likeness (QED) is 0.525. The molecule has 92 valence electrons. The van der Waals surface area contributed by atoms with Gasteiger partial charge < -0.3 is 0 Å². The number of benzene rings is 1. The van der Waals surface area contributed by atoms with E-state index in [0.717, 1.165) is 19.5 Å². The van der Waals surface area contributed by atoms with E-state index >= 15 is 0 Å². The smallest absolute Gasteiger partial charge is 0.0289 e. The topological polar surface area (TPSA) is 3.24 Å². The Labute approximate surface area is 118 Å². The van der Waals surface area contributed by atoms with Crippen molar-refractivity contribution >= 4 is 22.6 Å². The average Bonchev–Trinajstić information content (AvgIpc) is 2.37. The van der Waals surface area contributed by atoms with Crippen molar-refractivity contribution in [2.45, 2.75) is 25.9 Å². The standard InChI is InChI=1S/C15H20IN/c1-3-12-17(15(4-2)10-11-16)13-14-8-6-5-7-9-14/h3,5-11,15H,1,4,12-13H2,2H3/b11-10-. The fourth-order valence-corrected chi connectivity index (χ4v) is 2.38. The fourth-order valence-electron chi connectivity index (χ4n) is 1.90. The van der Waals surface area contributed by atoms with Crippen molar-refractivity contribution in [3.05, 3.63) is 58.7 Å². The first-order chi connectivity index (χ1) is 8.31. The van der Waals surface area contributed by atoms with Crippen LogP contribution in [0, 0.1) is 0 Å². The number of halogens is 1. The summed E-state index contributed by atoms with van der Waals surface area (Å²) in [6, 6.07) is 11.1. The average molecular weight is 341 g/mol. The van der Waals surface area contributed by atoms with E-state index in [9.17, 15) is 0 Å². The third-order valence-corrected chi connectivity index (χ3v) is 3.19. The molecular formula is C15H20IN. The number of hydrogen-bond donors (Lipinski definition) is 0. The van der Waals surface area contributed by atoms with Gasteiger partial charge >= 0.3 is 0 Å². The summed E-state index contributed by atoms with van der Waals surface area (Å²) in [4.78, 5) is 2.44. The van der Waals surface area contributed by atoms with Crippen LogP contribution in [0.15, 0.2) is 53.1 Å². The Morgan fingerprint density at radius 1 is 1.35 bits per heavy atom. The molecule has 0 N–H and O–H groups in total. The summed E-state index contributed by atoms with van der Waals surface area (Å²) < 4.78 is 2.10. The zero-order chi connectivity index (χ0) is 12.5. The molecule has 1 nitrogen and oxygen atoms in total. The Hall–Kier alpha value is -0.610. The molecular weight excluding hydrogens is 321 g/mol. The Kier molecular flexibility index (Phi) is 7.21. The largest absolute Gasteiger partial charge is 0.289 e. The summed E-state index contributed by atoms with van der Waals surface area (Å²) in [6.45, 7) is 7.98. The summed E-state index contributed by atoms with van der Waals surface area (Å²) in [5, 5.41) is 0. The lowest BCUT2D eigenvalue weighted by Gasteiger charge is -2.27. The summed E-state index contributed by atoms with van der Waals surface area (Å²) in [6.07, 6.45) is 5.36. The lowest BCUT2D eigenvalue weighted by atomic mass is 10.1. The minimum absolute atomic E-state index is 0.491. The first kappa shape index (κ1) is 14.5. The first-order valence-electron chi connectivity index (χ1n) is 5.97. The predicted octanol–water partition coefficient (Wildman–Crippen LogP) is 4.40. The summed E-state index contributed by atoms with van der Waals surface area (Å²) in [7, 11) is 0. The monoisotopic (exact) mass is 341 g/mol. The van der Waals surface area contributed by atoms with Crippen LogP contribution in [0.1, 0.15) is 18.9 Å². The van der Waals surface area contributed by atoms with Gasteiger partial charge in [0.25, 0.3) is 0 Å². The molecule has 0 spiro atoms. The Morgan fingerprint density at radius 2 is 2.06 bits per heavy atom. The van der Waals surface area contributed by atoms with Crippen LogP contribution in [-0.2, 0) is 6.54 Å². The zero-order valence-corrected chi connectivity index (χ0v) is 12.5. The lowest BCUT2D eigenvalue weighted by Crippen LogP contribution is -2.33. The van der Waals surface area contributed by atoms with E-state index < -0.39 is 0 Å². The van der Waals surface area contributed by atoms with Crippen LogP contribution in [-0.4, -0.2) is 17.5 Å². The third-order valence-electron chi connectivity index (χ3n) is 2.77. The summed E-state index contributed by atoms with van der Waals surface area (Å²) in [5.41, 5.74) is 1.36. The number of rotatable bonds is 7. The Balaban J connectivity index is 2.74. The second kappa shape index (κ2) is 8.48. The molecule has 1 rings (SSSR count). The van der Waals surface area contributed by atoms with Gasteiger partial charge in [-0.3, -0.25) is 4.90 Å². The van der Waals surface area contributed by atoms with Crippen LogP contribution in [0.5, 0.6) is 0 Å². The molecule has 0 aliphatic rings. The van der Waals surface area contributed by atoms with E-state index in [1.165, 1.54) is 5.56 Å². The molecule has 1 aromatic rings. The molecule has 0 fully saturated rings. The highest BCUT2D eigenvalue weighted by molar-refractivity contribution is 14.1. The highest BCUT2D eigenvalue weighted by atomic mass is 127. The van der Waals surface area contributed by atoms with Crippen molar-refractivity contribution in [3.8, 4) is 0 Å². The molecule has 0 radical (unpaired) electrons. The van der Waals surface area contributed by atoms with Gasteiger partial charge in [-0.25, -0.2) is 0 Å². The highest BCUT2D eigenvalue weighted by Crippen LogP contribution is 2.12. The third kappa shape index (κ3) is 5.04. The maximum atomic E-state index is 3.85. The molecule has 2 heteroatoms. The maximum absolute atomic E-state index is 3.85. The lowest BCUT2D eigenvalue weighted by molar-refractivity contribution is 0.240. The second-order valence-corrected chi connectivity index (χ2v) is 4.72. The molecule has 0 aliphatic carbocycles. The van der Waals surface area contributed by atoms with E-state index in [1.807, 2.05) is 6.08 Å². The summed E-state index contributed by atoms with van der Waals surface area (Å²) in [5.74, 6) is 0. The van der Waals surface area contributed by atoms with E-state index in [0.29, 0.717) is 6.04 Å². The van der Waals surface area contributed by atoms with Crippen LogP contribution < -0.4 is 0 Å². The minimum Gasteiger partial charge on any atom is -0.289 e. The van der Waals surface area contributed by atoms with Crippen molar-refractivity contribution in [2.24, 2.45) is 0 Å². The molecule has 1 unspecified atom stereocenters. The van der Waals surface area contributed by atoms with Gasteiger partial charge in [-0.15, -0.1) is 6.58 Å². The molecule has 0 saturated carbocycles. The predicted molar refractivity (Wildman–Crippen MR) is 84.3 cm³/mol. The van der Waals surface area contributed by atoms with Crippen molar-refractivity contribution < 1.29 is 0 Å². The van der Waals surface area contributed by atoms with Gasteiger partial charge in [0.05, 0.1) is 0 Å². The van der Waals surface area contributed by atoms with Crippen LogP contribution in [0.4, 0.5) is 0 Å². The molecule has 0 heterocycles. The summed E-state index contributed by atoms with van der Waals surface area (Å²) >= 11 is 2.29. The highest BCUT2D eigenvalue weighted by Gasteiger charge is 2.12. The van der Waals surface area contributed by atoms with Crippen LogP contribution >= 0.6 is 22.6 Å². The van der Waals surface area contributed by atoms with E-state index in [1.54, 1.807) is 0 Å². The maximum Gasteiger partial charge on any atom is 0.0289 e. The molecule has 17 heavy (non-hydrogen) atoms. The number of hydrogen-bond acceptors (Lipinski definition) is 1. The Morgan fingerprint density at radius 3 is 2.59 bits per heavy atom. The Bertz CT molecular complexity index is 345. The molecule has 0 aliphatic heterocycles. The minimum atomic E-state index is 0.491. The van der Waals surface area contributed by atoms with E-state index in [2.05, 4.69) is 81.5 Å². The fraction of sp³-hybridized carbons (Fsp3) is 0.333. The van der Waals surface area contributed by atoms with Crippen molar-refractivity contribution in [3.63, 3.8) is 0 Å². The van der Waals surface area contributed by atoms with Crippen LogP contribution in [0.25, 0.3) is 0 Å². The van der Waals surface area contributed by atoms with Gasteiger partial charge in [0.2, 0.25) is 0 Å². The van der Waals surface area contributed by atoms with Crippen molar-refractivity contribution in [1.82, 2.24) is 4.90 Å². The van der Waals surface area contributed by atoms with Crippen molar-refractivity contribution in [1.29, 1.82) is 0 Å². The normalized spacial score (nSPS) is 13.1. The van der Waals surface area contributed by atoms with Gasteiger partial charge in [0.1, 0.15) is 0 Å². The van der Waals surface area contributed by atoms with Gasteiger partial charge in [0.15, 0.2) is 0 Å². The second-order valence-electron chi connectivity index (χ2n) is 4.00. The van der Waals surface area contributed by atoms with Gasteiger partial charge in [-0.2, -0.15) is 0 Å². The molecule has 1 atom stereocenters. The van der Waals surface area contributed by atoms with Gasteiger partial charge in [-0.1, -0.05) is 72.0 Å². The van der Waals surface area contributed by atoms with E-state index in [4.69, 9.17) is 0 Å². The number of nitrogens with zero attached hydrogens (tertiary/aromatic N) is 1. The van der Waals surface area contributed by atoms with Crippen molar-refractivity contribution in [2.75, 3.05) is 6.54 Å².